The summed E-state index contributed by atoms with van der Waals surface area (Å²) >= 11 is 3.69. The van der Waals surface area contributed by atoms with E-state index in [1.165, 1.54) is 0 Å². The Bertz CT molecular complexity index is 1470. The Hall–Kier alpha value is -3.58. The lowest BCUT2D eigenvalue weighted by atomic mass is 9.89. The van der Waals surface area contributed by atoms with Crippen LogP contribution in [0.3, 0.4) is 0 Å². The maximum atomic E-state index is 14.0. The molecule has 5 rings (SSSR count). The normalized spacial score (nSPS) is 15.1. The molecular weight excluding hydrogens is 518 g/mol. The van der Waals surface area contributed by atoms with E-state index in [0.717, 1.165) is 26.8 Å². The lowest BCUT2D eigenvalue weighted by Crippen LogP contribution is -2.27. The van der Waals surface area contributed by atoms with Crippen LogP contribution < -0.4 is 14.8 Å². The van der Waals surface area contributed by atoms with Gasteiger partial charge in [0.25, 0.3) is 0 Å². The van der Waals surface area contributed by atoms with E-state index in [9.17, 15) is 4.79 Å². The highest BCUT2D eigenvalue weighted by molar-refractivity contribution is 9.10. The molecule has 0 radical (unpaired) electrons. The smallest absolute Gasteiger partial charge is 0.209 e. The molecule has 1 aliphatic heterocycles. The molecule has 0 bridgehead atoms. The average molecular weight is 546 g/mol. The molecule has 1 N–H and O–H groups in total. The summed E-state index contributed by atoms with van der Waals surface area (Å²) in [5, 5.41) is 3.55. The summed E-state index contributed by atoms with van der Waals surface area (Å²) in [5.74, 6) is 1.93. The zero-order chi connectivity index (χ0) is 25.4. The number of ketones is 1. The third-order valence-electron chi connectivity index (χ3n) is 6.15. The van der Waals surface area contributed by atoms with Gasteiger partial charge in [0.05, 0.1) is 34.3 Å². The van der Waals surface area contributed by atoms with Crippen LogP contribution in [0, 0.1) is 0 Å². The van der Waals surface area contributed by atoms with E-state index >= 15 is 0 Å². The van der Waals surface area contributed by atoms with Gasteiger partial charge in [-0.3, -0.25) is 9.36 Å². The summed E-state index contributed by atoms with van der Waals surface area (Å²) < 4.78 is 14.8. The monoisotopic (exact) mass is 545 g/mol. The molecule has 184 valence electrons. The number of carbonyl (C=O) groups excluding carboxylic acids is 1. The highest BCUT2D eigenvalue weighted by Gasteiger charge is 2.34. The van der Waals surface area contributed by atoms with E-state index < -0.39 is 6.04 Å². The zero-order valence-electron chi connectivity index (χ0n) is 20.7. The Balaban J connectivity index is 1.71. The number of imidazole rings is 1. The van der Waals surface area contributed by atoms with E-state index in [-0.39, 0.29) is 11.9 Å². The first kappa shape index (κ1) is 24.1. The molecule has 0 saturated heterocycles. The quantitative estimate of drug-likeness (QED) is 0.247. The fourth-order valence-corrected chi connectivity index (χ4v) is 5.20. The van der Waals surface area contributed by atoms with Gasteiger partial charge in [-0.25, -0.2) is 4.98 Å². The summed E-state index contributed by atoms with van der Waals surface area (Å²) in [4.78, 5) is 18.8. The van der Waals surface area contributed by atoms with Gasteiger partial charge in [-0.05, 0) is 73.5 Å². The molecule has 1 aromatic heterocycles. The number of ether oxygens (including phenoxy) is 2. The van der Waals surface area contributed by atoms with Crippen LogP contribution in [0.25, 0.3) is 16.7 Å². The Morgan fingerprint density at radius 2 is 1.83 bits per heavy atom. The van der Waals surface area contributed by atoms with Gasteiger partial charge in [-0.1, -0.05) is 42.5 Å². The number of nitrogens with one attached hydrogen (secondary N) is 1. The highest BCUT2D eigenvalue weighted by Crippen LogP contribution is 2.44. The number of hydrogen-bond acceptors (Lipinski definition) is 5. The Kier molecular flexibility index (Phi) is 6.58. The average Bonchev–Trinajstić information content (AvgIpc) is 3.25. The molecular formula is C29H28BrN3O3. The summed E-state index contributed by atoms with van der Waals surface area (Å²) in [6.07, 6.45) is -0.0172. The molecule has 1 atom stereocenters. The molecule has 0 aliphatic carbocycles. The molecule has 3 aromatic carbocycles. The number of benzene rings is 3. The molecule has 0 spiro atoms. The number of rotatable bonds is 7. The van der Waals surface area contributed by atoms with Crippen molar-refractivity contribution in [2.75, 3.05) is 11.9 Å². The first-order valence-corrected chi connectivity index (χ1v) is 12.9. The Labute approximate surface area is 219 Å². The first-order valence-electron chi connectivity index (χ1n) is 12.1. The third kappa shape index (κ3) is 4.28. The minimum Gasteiger partial charge on any atom is -0.490 e. The van der Waals surface area contributed by atoms with E-state index in [0.29, 0.717) is 35.2 Å². The molecule has 0 unspecified atom stereocenters. The fraction of sp³-hybridized carbons (Fsp3) is 0.241. The number of anilines is 1. The van der Waals surface area contributed by atoms with Crippen LogP contribution in [0.2, 0.25) is 0 Å². The van der Waals surface area contributed by atoms with Crippen molar-refractivity contribution in [3.05, 3.63) is 87.9 Å². The van der Waals surface area contributed by atoms with Gasteiger partial charge in [-0.2, -0.15) is 0 Å². The standard InChI is InChI=1S/C29H28BrN3O3/c1-5-35-24-16-20(15-21(30)28(24)36-17(2)3)26-25(27(34)19-11-7-6-8-12-19)18(4)33-23-14-10-9-13-22(23)31-29(33)32-26/h6-17,26H,5H2,1-4H3,(H,31,32)/t26-/m0/s1. The van der Waals surface area contributed by atoms with Crippen LogP contribution >= 0.6 is 15.9 Å². The van der Waals surface area contributed by atoms with E-state index in [1.54, 1.807) is 0 Å². The molecule has 7 heteroatoms. The van der Waals surface area contributed by atoms with E-state index in [4.69, 9.17) is 14.5 Å². The highest BCUT2D eigenvalue weighted by atomic mass is 79.9. The molecule has 4 aromatic rings. The number of para-hydroxylation sites is 2. The summed E-state index contributed by atoms with van der Waals surface area (Å²) in [6, 6.07) is 20.8. The number of hydrogen-bond donors (Lipinski definition) is 1. The molecule has 0 amide bonds. The van der Waals surface area contributed by atoms with Crippen LogP contribution in [0.1, 0.15) is 49.7 Å². The van der Waals surface area contributed by atoms with Gasteiger partial charge in [0.1, 0.15) is 0 Å². The number of aromatic nitrogens is 2. The maximum absolute atomic E-state index is 14.0. The molecule has 1 aliphatic rings. The minimum atomic E-state index is -0.439. The number of fused-ring (bicyclic) bond motifs is 3. The molecule has 2 heterocycles. The van der Waals surface area contributed by atoms with Gasteiger partial charge >= 0.3 is 0 Å². The first-order chi connectivity index (χ1) is 17.4. The number of halogens is 1. The van der Waals surface area contributed by atoms with Gasteiger partial charge in [0.15, 0.2) is 17.3 Å². The maximum Gasteiger partial charge on any atom is 0.209 e. The van der Waals surface area contributed by atoms with Crippen molar-refractivity contribution in [1.82, 2.24) is 9.55 Å². The van der Waals surface area contributed by atoms with E-state index in [1.807, 2.05) is 99.0 Å². The Morgan fingerprint density at radius 3 is 2.56 bits per heavy atom. The van der Waals surface area contributed by atoms with Gasteiger partial charge in [-0.15, -0.1) is 0 Å². The molecule has 36 heavy (non-hydrogen) atoms. The van der Waals surface area contributed by atoms with Crippen LogP contribution in [-0.4, -0.2) is 28.0 Å². The SMILES string of the molecule is CCOc1cc([C@@H]2Nc3nc4ccccc4n3C(C)=C2C(=O)c2ccccc2)cc(Br)c1OC(C)C. The number of Topliss-reactive ketones (excluding diaryl/α,β-unsaturated/α-hetero) is 1. The lowest BCUT2D eigenvalue weighted by Gasteiger charge is -2.30. The van der Waals surface area contributed by atoms with Crippen LogP contribution in [-0.2, 0) is 0 Å². The number of allylic oxidation sites excluding steroid dienone is 1. The Morgan fingerprint density at radius 1 is 1.11 bits per heavy atom. The van der Waals surface area contributed by atoms with E-state index in [2.05, 4.69) is 21.2 Å². The predicted octanol–water partition coefficient (Wildman–Crippen LogP) is 7.27. The van der Waals surface area contributed by atoms with Crippen LogP contribution in [0.4, 0.5) is 5.95 Å². The van der Waals surface area contributed by atoms with Crippen molar-refractivity contribution >= 4 is 44.4 Å². The summed E-state index contributed by atoms with van der Waals surface area (Å²) in [7, 11) is 0. The second kappa shape index (κ2) is 9.82. The van der Waals surface area contributed by atoms with Gasteiger partial charge in [0.2, 0.25) is 5.95 Å². The third-order valence-corrected chi connectivity index (χ3v) is 6.74. The van der Waals surface area contributed by atoms with Crippen molar-refractivity contribution < 1.29 is 14.3 Å². The second-order valence-electron chi connectivity index (χ2n) is 8.96. The van der Waals surface area contributed by atoms with Crippen LogP contribution in [0.15, 0.2) is 76.8 Å². The van der Waals surface area contributed by atoms with Gasteiger partial charge in [0, 0.05) is 16.8 Å². The fourth-order valence-electron chi connectivity index (χ4n) is 4.65. The molecule has 0 saturated carbocycles. The largest absolute Gasteiger partial charge is 0.490 e. The zero-order valence-corrected chi connectivity index (χ0v) is 22.3. The molecule has 0 fully saturated rings. The van der Waals surface area contributed by atoms with Crippen molar-refractivity contribution in [3.63, 3.8) is 0 Å². The van der Waals surface area contributed by atoms with Crippen molar-refractivity contribution in [2.45, 2.75) is 39.8 Å². The van der Waals surface area contributed by atoms with Crippen LogP contribution in [0.5, 0.6) is 11.5 Å². The van der Waals surface area contributed by atoms with Crippen molar-refractivity contribution in [3.8, 4) is 11.5 Å². The lowest BCUT2D eigenvalue weighted by molar-refractivity contribution is 0.102. The van der Waals surface area contributed by atoms with Gasteiger partial charge < -0.3 is 14.8 Å². The second-order valence-corrected chi connectivity index (χ2v) is 9.82. The molecule has 6 nitrogen and oxygen atoms in total. The van der Waals surface area contributed by atoms with Crippen molar-refractivity contribution in [2.24, 2.45) is 0 Å². The summed E-state index contributed by atoms with van der Waals surface area (Å²) in [6.45, 7) is 8.37. The van der Waals surface area contributed by atoms with Crippen molar-refractivity contribution in [1.29, 1.82) is 0 Å². The summed E-state index contributed by atoms with van der Waals surface area (Å²) in [5.41, 5.74) is 4.82. The number of carbonyl (C=O) groups is 1. The predicted molar refractivity (Wildman–Crippen MR) is 147 cm³/mol. The minimum absolute atomic E-state index is 0.0172. The topological polar surface area (TPSA) is 65.4 Å². The number of nitrogens with zero attached hydrogens (tertiary/aromatic N) is 2.